The summed E-state index contributed by atoms with van der Waals surface area (Å²) in [5.74, 6) is -0.0311. The predicted molar refractivity (Wildman–Crippen MR) is 66.8 cm³/mol. The Labute approximate surface area is 98.3 Å². The van der Waals surface area contributed by atoms with Gasteiger partial charge in [0.2, 0.25) is 0 Å². The fourth-order valence-corrected chi connectivity index (χ4v) is 5.47. The summed E-state index contributed by atoms with van der Waals surface area (Å²) in [4.78, 5) is 11.5. The van der Waals surface area contributed by atoms with Crippen molar-refractivity contribution in [3.8, 4) is 0 Å². The maximum atomic E-state index is 11.5. The van der Waals surface area contributed by atoms with E-state index in [9.17, 15) is 4.79 Å². The maximum Gasteiger partial charge on any atom is 0.329 e. The summed E-state index contributed by atoms with van der Waals surface area (Å²) in [6.45, 7) is 2.74. The van der Waals surface area contributed by atoms with Crippen LogP contribution in [0.15, 0.2) is 0 Å². The van der Waals surface area contributed by atoms with E-state index in [1.807, 2.05) is 11.8 Å². The van der Waals surface area contributed by atoms with Crippen LogP contribution in [0.3, 0.4) is 0 Å². The molecule has 1 fully saturated rings. The second kappa shape index (κ2) is 7.77. The van der Waals surface area contributed by atoms with Gasteiger partial charge in [-0.15, -0.1) is 35.3 Å². The zero-order valence-electron chi connectivity index (χ0n) is 8.36. The van der Waals surface area contributed by atoms with Gasteiger partial charge in [0, 0.05) is 10.2 Å². The minimum Gasteiger partial charge on any atom is -0.464 e. The SMILES string of the molecule is CCCCCOC(=O)C1SCSCS1. The Hall–Kier alpha value is 0.520. The smallest absolute Gasteiger partial charge is 0.329 e. The number of ether oxygens (including phenoxy) is 1. The average molecular weight is 252 g/mol. The molecule has 1 heterocycles. The van der Waals surface area contributed by atoms with Gasteiger partial charge in [0.1, 0.15) is 4.58 Å². The van der Waals surface area contributed by atoms with Crippen molar-refractivity contribution in [3.05, 3.63) is 0 Å². The highest BCUT2D eigenvalue weighted by Gasteiger charge is 2.23. The second-order valence-electron chi connectivity index (χ2n) is 2.98. The topological polar surface area (TPSA) is 26.3 Å². The molecule has 1 aliphatic heterocycles. The number of esters is 1. The minimum absolute atomic E-state index is 0.0258. The molecule has 0 aromatic heterocycles. The lowest BCUT2D eigenvalue weighted by Crippen LogP contribution is -2.20. The Bertz CT molecular complexity index is 169. The lowest BCUT2D eigenvalue weighted by molar-refractivity contribution is -0.141. The average Bonchev–Trinajstić information content (AvgIpc) is 2.25. The molecule has 0 spiro atoms. The molecule has 0 atom stereocenters. The van der Waals surface area contributed by atoms with Crippen LogP contribution < -0.4 is 0 Å². The number of rotatable bonds is 5. The zero-order valence-corrected chi connectivity index (χ0v) is 10.8. The van der Waals surface area contributed by atoms with Crippen molar-refractivity contribution in [3.63, 3.8) is 0 Å². The van der Waals surface area contributed by atoms with Crippen molar-refractivity contribution in [1.82, 2.24) is 0 Å². The Balaban J connectivity index is 2.07. The van der Waals surface area contributed by atoms with Crippen molar-refractivity contribution in [2.45, 2.75) is 30.8 Å². The van der Waals surface area contributed by atoms with Crippen LogP contribution in [0.4, 0.5) is 0 Å². The number of carbonyl (C=O) groups excluding carboxylic acids is 1. The third-order valence-electron chi connectivity index (χ3n) is 1.79. The van der Waals surface area contributed by atoms with E-state index in [1.54, 1.807) is 23.5 Å². The van der Waals surface area contributed by atoms with Gasteiger partial charge in [0.05, 0.1) is 6.61 Å². The monoisotopic (exact) mass is 252 g/mol. The van der Waals surface area contributed by atoms with E-state index in [0.29, 0.717) is 6.61 Å². The van der Waals surface area contributed by atoms with Gasteiger partial charge < -0.3 is 4.74 Å². The van der Waals surface area contributed by atoms with Crippen LogP contribution in [0.2, 0.25) is 0 Å². The molecule has 1 saturated heterocycles. The van der Waals surface area contributed by atoms with Gasteiger partial charge in [0.15, 0.2) is 0 Å². The Morgan fingerprint density at radius 2 is 2.07 bits per heavy atom. The first-order chi connectivity index (χ1) is 6.84. The number of thioether (sulfide) groups is 3. The molecule has 82 valence electrons. The molecule has 0 amide bonds. The number of hydrogen-bond donors (Lipinski definition) is 0. The fourth-order valence-electron chi connectivity index (χ4n) is 1.03. The van der Waals surface area contributed by atoms with Crippen LogP contribution in [0.5, 0.6) is 0 Å². The van der Waals surface area contributed by atoms with E-state index in [0.717, 1.165) is 23.0 Å². The third kappa shape index (κ3) is 4.84. The van der Waals surface area contributed by atoms with E-state index in [2.05, 4.69) is 6.92 Å². The van der Waals surface area contributed by atoms with Crippen molar-refractivity contribution < 1.29 is 9.53 Å². The highest BCUT2D eigenvalue weighted by atomic mass is 32.3. The van der Waals surface area contributed by atoms with Gasteiger partial charge in [-0.25, -0.2) is 4.79 Å². The van der Waals surface area contributed by atoms with Gasteiger partial charge in [-0.2, -0.15) is 0 Å². The Morgan fingerprint density at radius 1 is 1.36 bits per heavy atom. The van der Waals surface area contributed by atoms with Crippen LogP contribution in [0.25, 0.3) is 0 Å². The number of hydrogen-bond acceptors (Lipinski definition) is 5. The molecular formula is C9H16O2S3. The van der Waals surface area contributed by atoms with Gasteiger partial charge in [-0.1, -0.05) is 19.8 Å². The number of unbranched alkanes of at least 4 members (excludes halogenated alkanes) is 2. The molecule has 5 heteroatoms. The quantitative estimate of drug-likeness (QED) is 0.553. The van der Waals surface area contributed by atoms with E-state index in [4.69, 9.17) is 4.74 Å². The molecule has 1 aliphatic rings. The van der Waals surface area contributed by atoms with Crippen molar-refractivity contribution in [2.24, 2.45) is 0 Å². The Kier molecular flexibility index (Phi) is 6.98. The molecule has 0 bridgehead atoms. The van der Waals surface area contributed by atoms with Gasteiger partial charge >= 0.3 is 5.97 Å². The van der Waals surface area contributed by atoms with Crippen molar-refractivity contribution in [1.29, 1.82) is 0 Å². The summed E-state index contributed by atoms with van der Waals surface area (Å²) < 4.78 is 5.22. The molecule has 0 aromatic rings. The summed E-state index contributed by atoms with van der Waals surface area (Å²) in [6.07, 6.45) is 3.31. The number of carbonyl (C=O) groups is 1. The van der Waals surface area contributed by atoms with Crippen molar-refractivity contribution in [2.75, 3.05) is 16.8 Å². The summed E-state index contributed by atoms with van der Waals surface area (Å²) >= 11 is 5.24. The van der Waals surface area contributed by atoms with Crippen LogP contribution in [-0.4, -0.2) is 27.3 Å². The van der Waals surface area contributed by atoms with Crippen LogP contribution in [-0.2, 0) is 9.53 Å². The first-order valence-electron chi connectivity index (χ1n) is 4.82. The molecule has 0 aliphatic carbocycles. The van der Waals surface area contributed by atoms with Gasteiger partial charge in [-0.3, -0.25) is 0 Å². The predicted octanol–water partition coefficient (Wildman–Crippen LogP) is 3.17. The Morgan fingerprint density at radius 3 is 2.71 bits per heavy atom. The highest BCUT2D eigenvalue weighted by Crippen LogP contribution is 2.36. The van der Waals surface area contributed by atoms with Crippen LogP contribution >= 0.6 is 35.3 Å². The molecule has 2 nitrogen and oxygen atoms in total. The van der Waals surface area contributed by atoms with E-state index in [1.165, 1.54) is 6.42 Å². The zero-order chi connectivity index (χ0) is 10.2. The summed E-state index contributed by atoms with van der Waals surface area (Å²) in [5.41, 5.74) is 0. The third-order valence-corrected chi connectivity index (χ3v) is 6.02. The highest BCUT2D eigenvalue weighted by molar-refractivity contribution is 8.33. The summed E-state index contributed by atoms with van der Waals surface area (Å²) in [5, 5.41) is 2.03. The molecule has 0 saturated carbocycles. The largest absolute Gasteiger partial charge is 0.464 e. The molecule has 0 N–H and O–H groups in total. The van der Waals surface area contributed by atoms with Gasteiger partial charge in [-0.05, 0) is 6.42 Å². The van der Waals surface area contributed by atoms with Gasteiger partial charge in [0.25, 0.3) is 0 Å². The van der Waals surface area contributed by atoms with E-state index in [-0.39, 0.29) is 10.6 Å². The van der Waals surface area contributed by atoms with E-state index < -0.39 is 0 Å². The molecule has 1 rings (SSSR count). The first kappa shape index (κ1) is 12.6. The lowest BCUT2D eigenvalue weighted by atomic mass is 10.3. The maximum absolute atomic E-state index is 11.5. The standard InChI is InChI=1S/C9H16O2S3/c1-2-3-4-5-11-8(10)9-13-6-12-7-14-9/h9H,2-7H2,1H3. The first-order valence-corrected chi connectivity index (χ1v) is 8.07. The summed E-state index contributed by atoms with van der Waals surface area (Å²) in [7, 11) is 0. The molecule has 0 aromatic carbocycles. The van der Waals surface area contributed by atoms with Crippen molar-refractivity contribution >= 4 is 41.3 Å². The molecule has 14 heavy (non-hydrogen) atoms. The second-order valence-corrected chi connectivity index (χ2v) is 7.18. The lowest BCUT2D eigenvalue weighted by Gasteiger charge is -2.18. The van der Waals surface area contributed by atoms with Crippen LogP contribution in [0.1, 0.15) is 26.2 Å². The minimum atomic E-state index is -0.0311. The molecule has 0 radical (unpaired) electrons. The molecular weight excluding hydrogens is 236 g/mol. The molecule has 0 unspecified atom stereocenters. The normalized spacial score (nSPS) is 18.1. The summed E-state index contributed by atoms with van der Waals surface area (Å²) in [6, 6.07) is 0. The van der Waals surface area contributed by atoms with Crippen LogP contribution in [0, 0.1) is 0 Å². The van der Waals surface area contributed by atoms with E-state index >= 15 is 0 Å². The fraction of sp³-hybridized carbons (Fsp3) is 0.889.